The number of carbonyl (C=O) groups is 2. The maximum Gasteiger partial charge on any atom is 0.326 e. The van der Waals surface area contributed by atoms with Crippen LogP contribution in [0, 0.1) is 0 Å². The monoisotopic (exact) mass is 375 g/mol. The molecule has 0 spiro atoms. The van der Waals surface area contributed by atoms with Crippen LogP contribution in [0.15, 0.2) is 18.5 Å². The third-order valence-electron chi connectivity index (χ3n) is 4.58. The minimum absolute atomic E-state index is 0.00393. The van der Waals surface area contributed by atoms with Crippen molar-refractivity contribution in [1.29, 1.82) is 0 Å². The average molecular weight is 375 g/mol. The first-order chi connectivity index (χ1) is 13.0. The van der Waals surface area contributed by atoms with E-state index < -0.39 is 12.0 Å². The maximum absolute atomic E-state index is 12.9. The van der Waals surface area contributed by atoms with E-state index in [1.165, 1.54) is 32.6 Å². The summed E-state index contributed by atoms with van der Waals surface area (Å²) in [6.07, 6.45) is 1.69. The van der Waals surface area contributed by atoms with Gasteiger partial charge in [-0.2, -0.15) is 0 Å². The van der Waals surface area contributed by atoms with Crippen LogP contribution in [-0.2, 0) is 29.0 Å². The van der Waals surface area contributed by atoms with Gasteiger partial charge in [-0.15, -0.1) is 0 Å². The number of H-pyrrole nitrogens is 1. The number of imidazole rings is 1. The molecule has 1 aromatic heterocycles. The predicted molar refractivity (Wildman–Crippen MR) is 94.1 cm³/mol. The second kappa shape index (κ2) is 7.56. The van der Waals surface area contributed by atoms with Crippen LogP contribution >= 0.6 is 0 Å². The molecule has 9 nitrogen and oxygen atoms in total. The van der Waals surface area contributed by atoms with E-state index >= 15 is 0 Å². The SMILES string of the molecule is COc1cc(CC(=O)N2Cc3[nH]cnc3C[C@@H]2C(=O)O)cc(OC)c1OC. The van der Waals surface area contributed by atoms with E-state index in [-0.39, 0.29) is 25.3 Å². The molecule has 27 heavy (non-hydrogen) atoms. The number of carbonyl (C=O) groups excluding carboxylic acids is 1. The summed E-state index contributed by atoms with van der Waals surface area (Å²) in [5.41, 5.74) is 2.07. The van der Waals surface area contributed by atoms with Gasteiger partial charge in [-0.05, 0) is 17.7 Å². The third kappa shape index (κ3) is 3.53. The van der Waals surface area contributed by atoms with E-state index in [9.17, 15) is 14.7 Å². The first-order valence-corrected chi connectivity index (χ1v) is 8.30. The average Bonchev–Trinajstić information content (AvgIpc) is 3.13. The number of nitrogens with one attached hydrogen (secondary N) is 1. The van der Waals surface area contributed by atoms with Gasteiger partial charge in [0.2, 0.25) is 11.7 Å². The number of aromatic amines is 1. The van der Waals surface area contributed by atoms with Crippen molar-refractivity contribution in [3.8, 4) is 17.2 Å². The van der Waals surface area contributed by atoms with E-state index in [1.54, 1.807) is 12.1 Å². The molecule has 1 amide bonds. The van der Waals surface area contributed by atoms with E-state index in [4.69, 9.17) is 14.2 Å². The Morgan fingerprint density at radius 1 is 1.22 bits per heavy atom. The molecule has 1 atom stereocenters. The lowest BCUT2D eigenvalue weighted by Gasteiger charge is -2.32. The van der Waals surface area contributed by atoms with Crippen LogP contribution in [0.4, 0.5) is 0 Å². The number of fused-ring (bicyclic) bond motifs is 1. The Balaban J connectivity index is 1.87. The number of carboxylic acids is 1. The van der Waals surface area contributed by atoms with E-state index in [2.05, 4.69) is 9.97 Å². The summed E-state index contributed by atoms with van der Waals surface area (Å²) >= 11 is 0. The van der Waals surface area contributed by atoms with Gasteiger partial charge in [0, 0.05) is 6.42 Å². The summed E-state index contributed by atoms with van der Waals surface area (Å²) < 4.78 is 15.9. The van der Waals surface area contributed by atoms with Crippen LogP contribution in [-0.4, -0.2) is 59.2 Å². The second-order valence-corrected chi connectivity index (χ2v) is 6.12. The number of rotatable bonds is 6. The number of hydrogen-bond acceptors (Lipinski definition) is 6. The van der Waals surface area contributed by atoms with Crippen LogP contribution in [0.1, 0.15) is 17.0 Å². The molecular formula is C18H21N3O6. The molecule has 1 aliphatic heterocycles. The van der Waals surface area contributed by atoms with Crippen LogP contribution < -0.4 is 14.2 Å². The van der Waals surface area contributed by atoms with Crippen LogP contribution in [0.2, 0.25) is 0 Å². The van der Waals surface area contributed by atoms with Crippen molar-refractivity contribution in [2.45, 2.75) is 25.4 Å². The molecule has 0 bridgehead atoms. The minimum Gasteiger partial charge on any atom is -0.493 e. The smallest absolute Gasteiger partial charge is 0.326 e. The number of methoxy groups -OCH3 is 3. The van der Waals surface area contributed by atoms with Crippen molar-refractivity contribution in [3.05, 3.63) is 35.4 Å². The first-order valence-electron chi connectivity index (χ1n) is 8.30. The zero-order chi connectivity index (χ0) is 19.6. The lowest BCUT2D eigenvalue weighted by Crippen LogP contribution is -2.49. The molecule has 1 aromatic carbocycles. The first kappa shape index (κ1) is 18.6. The van der Waals surface area contributed by atoms with Gasteiger partial charge in [0.25, 0.3) is 0 Å². The van der Waals surface area contributed by atoms with E-state index in [1.807, 2.05) is 0 Å². The Kier molecular flexibility index (Phi) is 5.20. The van der Waals surface area contributed by atoms with Gasteiger partial charge < -0.3 is 29.2 Å². The van der Waals surface area contributed by atoms with Crippen molar-refractivity contribution in [3.63, 3.8) is 0 Å². The van der Waals surface area contributed by atoms with Gasteiger partial charge in [0.15, 0.2) is 11.5 Å². The Morgan fingerprint density at radius 2 is 1.89 bits per heavy atom. The summed E-state index contributed by atoms with van der Waals surface area (Å²) in [6, 6.07) is 2.41. The fourth-order valence-corrected chi connectivity index (χ4v) is 3.23. The Labute approximate surface area is 155 Å². The number of carboxylic acid groups (broad SMARTS) is 1. The number of hydrogen-bond donors (Lipinski definition) is 2. The van der Waals surface area contributed by atoms with Gasteiger partial charge in [-0.25, -0.2) is 9.78 Å². The van der Waals surface area contributed by atoms with Crippen molar-refractivity contribution in [1.82, 2.24) is 14.9 Å². The molecule has 9 heteroatoms. The molecule has 2 heterocycles. The zero-order valence-corrected chi connectivity index (χ0v) is 15.3. The number of nitrogens with zero attached hydrogens (tertiary/aromatic N) is 2. The molecule has 0 saturated carbocycles. The molecule has 3 rings (SSSR count). The fourth-order valence-electron chi connectivity index (χ4n) is 3.23. The topological polar surface area (TPSA) is 114 Å². The van der Waals surface area contributed by atoms with Gasteiger partial charge >= 0.3 is 5.97 Å². The molecule has 1 aliphatic rings. The standard InChI is InChI=1S/C18H21N3O6/c1-25-14-4-10(5-15(26-2)17(14)27-3)6-16(22)21-8-12-11(19-9-20-12)7-13(21)18(23)24/h4-5,9,13H,6-8H2,1-3H3,(H,19,20)(H,23,24)/t13-/m1/s1. The molecule has 0 fully saturated rings. The highest BCUT2D eigenvalue weighted by molar-refractivity contribution is 5.86. The molecule has 0 radical (unpaired) electrons. The number of ether oxygens (including phenoxy) is 3. The molecule has 2 N–H and O–H groups in total. The van der Waals surface area contributed by atoms with Gasteiger partial charge in [0.05, 0.1) is 52.0 Å². The number of benzene rings is 1. The van der Waals surface area contributed by atoms with Gasteiger partial charge in [-0.3, -0.25) is 4.79 Å². The summed E-state index contributed by atoms with van der Waals surface area (Å²) in [6.45, 7) is 0.176. The van der Waals surface area contributed by atoms with Crippen molar-refractivity contribution < 1.29 is 28.9 Å². The summed E-state index contributed by atoms with van der Waals surface area (Å²) in [5, 5.41) is 9.53. The zero-order valence-electron chi connectivity index (χ0n) is 15.3. The molecule has 0 aliphatic carbocycles. The van der Waals surface area contributed by atoms with Gasteiger partial charge in [0.1, 0.15) is 6.04 Å². The number of amides is 1. The lowest BCUT2D eigenvalue weighted by molar-refractivity contribution is -0.151. The molecular weight excluding hydrogens is 354 g/mol. The van der Waals surface area contributed by atoms with Gasteiger partial charge in [-0.1, -0.05) is 0 Å². The van der Waals surface area contributed by atoms with Crippen molar-refractivity contribution in [2.75, 3.05) is 21.3 Å². The Morgan fingerprint density at radius 3 is 2.44 bits per heavy atom. The highest BCUT2D eigenvalue weighted by Crippen LogP contribution is 2.38. The van der Waals surface area contributed by atoms with Crippen LogP contribution in [0.3, 0.4) is 0 Å². The fraction of sp³-hybridized carbons (Fsp3) is 0.389. The normalized spacial score (nSPS) is 15.8. The highest BCUT2D eigenvalue weighted by atomic mass is 16.5. The number of aliphatic carboxylic acids is 1. The number of aromatic nitrogens is 2. The summed E-state index contributed by atoms with van der Waals surface area (Å²) in [5.74, 6) is -0.0635. The molecule has 2 aromatic rings. The summed E-state index contributed by atoms with van der Waals surface area (Å²) in [4.78, 5) is 33.0. The molecule has 0 saturated heterocycles. The quantitative estimate of drug-likeness (QED) is 0.775. The molecule has 144 valence electrons. The predicted octanol–water partition coefficient (Wildman–Crippen LogP) is 1.02. The Hall–Kier alpha value is -3.23. The highest BCUT2D eigenvalue weighted by Gasteiger charge is 2.35. The van der Waals surface area contributed by atoms with E-state index in [0.29, 0.717) is 28.5 Å². The Bertz CT molecular complexity index is 838. The van der Waals surface area contributed by atoms with Crippen molar-refractivity contribution >= 4 is 11.9 Å². The lowest BCUT2D eigenvalue weighted by atomic mass is 10.0. The van der Waals surface area contributed by atoms with E-state index in [0.717, 1.165) is 5.69 Å². The van der Waals surface area contributed by atoms with Crippen LogP contribution in [0.25, 0.3) is 0 Å². The molecule has 0 unspecified atom stereocenters. The second-order valence-electron chi connectivity index (χ2n) is 6.12. The third-order valence-corrected chi connectivity index (χ3v) is 4.58. The van der Waals surface area contributed by atoms with Crippen LogP contribution in [0.5, 0.6) is 17.2 Å². The minimum atomic E-state index is -1.05. The summed E-state index contributed by atoms with van der Waals surface area (Å²) in [7, 11) is 4.49. The maximum atomic E-state index is 12.9. The largest absolute Gasteiger partial charge is 0.493 e. The van der Waals surface area contributed by atoms with Crippen molar-refractivity contribution in [2.24, 2.45) is 0 Å².